The summed E-state index contributed by atoms with van der Waals surface area (Å²) in [5, 5.41) is 0.219. The Morgan fingerprint density at radius 3 is 2.41 bits per heavy atom. The number of methoxy groups -OCH3 is 1. The predicted molar refractivity (Wildman–Crippen MR) is 121 cm³/mol. The summed E-state index contributed by atoms with van der Waals surface area (Å²) < 4.78 is 48.4. The highest BCUT2D eigenvalue weighted by molar-refractivity contribution is 7.92. The molecule has 0 fully saturated rings. The van der Waals surface area contributed by atoms with E-state index in [9.17, 15) is 17.6 Å². The number of anilines is 1. The number of nitrogens with zero attached hydrogens (tertiary/aromatic N) is 2. The van der Waals surface area contributed by atoms with Crippen LogP contribution in [-0.4, -0.2) is 25.1 Å². The second-order valence-electron chi connectivity index (χ2n) is 7.27. The second kappa shape index (κ2) is 8.08. The van der Waals surface area contributed by atoms with Gasteiger partial charge in [-0.3, -0.25) is 14.1 Å². The number of fused-ring (bicyclic) bond motifs is 1. The molecule has 0 bridgehead atoms. The van der Waals surface area contributed by atoms with Gasteiger partial charge in [-0.1, -0.05) is 6.07 Å². The number of hydrogen-bond acceptors (Lipinski definition) is 5. The maximum Gasteiger partial charge on any atom is 0.266 e. The van der Waals surface area contributed by atoms with E-state index < -0.39 is 21.4 Å². The van der Waals surface area contributed by atoms with Crippen LogP contribution in [0.25, 0.3) is 16.6 Å². The summed E-state index contributed by atoms with van der Waals surface area (Å²) in [7, 11) is -2.59. The fourth-order valence-electron chi connectivity index (χ4n) is 3.46. The lowest BCUT2D eigenvalue weighted by molar-refractivity contribution is 0.402. The highest BCUT2D eigenvalue weighted by atomic mass is 32.2. The molecule has 0 amide bonds. The van der Waals surface area contributed by atoms with Gasteiger partial charge in [0.15, 0.2) is 0 Å². The molecule has 0 saturated carbocycles. The minimum absolute atomic E-state index is 0.00847. The van der Waals surface area contributed by atoms with Gasteiger partial charge in [0, 0.05) is 5.69 Å². The molecule has 9 heteroatoms. The monoisotopic (exact) mass is 453 g/mol. The van der Waals surface area contributed by atoms with Crippen LogP contribution in [0.15, 0.2) is 70.4 Å². The van der Waals surface area contributed by atoms with Gasteiger partial charge in [-0.05, 0) is 74.0 Å². The van der Waals surface area contributed by atoms with E-state index in [4.69, 9.17) is 4.74 Å². The van der Waals surface area contributed by atoms with Crippen LogP contribution in [-0.2, 0) is 10.0 Å². The summed E-state index contributed by atoms with van der Waals surface area (Å²) in [6, 6.07) is 14.9. The van der Waals surface area contributed by atoms with Gasteiger partial charge in [0.05, 0.1) is 23.7 Å². The van der Waals surface area contributed by atoms with Crippen molar-refractivity contribution in [3.8, 4) is 11.4 Å². The fourth-order valence-corrected chi connectivity index (χ4v) is 4.76. The van der Waals surface area contributed by atoms with Crippen molar-refractivity contribution >= 4 is 26.6 Å². The third-order valence-corrected chi connectivity index (χ3v) is 6.38. The molecule has 0 spiro atoms. The largest absolute Gasteiger partial charge is 0.495 e. The number of nitrogens with one attached hydrogen (secondary N) is 1. The first-order chi connectivity index (χ1) is 15.2. The van der Waals surface area contributed by atoms with Crippen LogP contribution in [0.3, 0.4) is 0 Å². The van der Waals surface area contributed by atoms with Crippen molar-refractivity contribution in [2.75, 3.05) is 11.8 Å². The van der Waals surface area contributed by atoms with Gasteiger partial charge in [-0.25, -0.2) is 17.8 Å². The van der Waals surface area contributed by atoms with Crippen LogP contribution in [0.4, 0.5) is 10.1 Å². The second-order valence-corrected chi connectivity index (χ2v) is 8.92. The molecule has 1 aromatic heterocycles. The number of sulfonamides is 1. The lowest BCUT2D eigenvalue weighted by Crippen LogP contribution is -2.22. The molecule has 0 radical (unpaired) electrons. The molecule has 3 aromatic carbocycles. The highest BCUT2D eigenvalue weighted by Gasteiger charge is 2.20. The van der Waals surface area contributed by atoms with E-state index in [-0.39, 0.29) is 21.7 Å². The number of ether oxygens (including phenoxy) is 1. The average molecular weight is 453 g/mol. The normalized spacial score (nSPS) is 11.5. The van der Waals surface area contributed by atoms with Crippen LogP contribution in [0, 0.1) is 19.7 Å². The number of aryl methyl sites for hydroxylation is 2. The van der Waals surface area contributed by atoms with E-state index in [1.807, 2.05) is 0 Å². The van der Waals surface area contributed by atoms with Crippen molar-refractivity contribution < 1.29 is 17.5 Å². The van der Waals surface area contributed by atoms with Crippen LogP contribution < -0.4 is 15.0 Å². The minimum atomic E-state index is -3.98. The van der Waals surface area contributed by atoms with Crippen molar-refractivity contribution in [2.24, 2.45) is 0 Å². The van der Waals surface area contributed by atoms with Crippen molar-refractivity contribution in [1.29, 1.82) is 0 Å². The van der Waals surface area contributed by atoms with E-state index in [1.54, 1.807) is 32.0 Å². The smallest absolute Gasteiger partial charge is 0.266 e. The zero-order chi connectivity index (χ0) is 23.0. The summed E-state index contributed by atoms with van der Waals surface area (Å²) in [5.41, 5.74) is 1.44. The Morgan fingerprint density at radius 2 is 1.72 bits per heavy atom. The Kier molecular flexibility index (Phi) is 5.43. The number of hydrogen-bond donors (Lipinski definition) is 1. The Hall–Kier alpha value is -3.72. The molecule has 32 heavy (non-hydrogen) atoms. The third-order valence-electron chi connectivity index (χ3n) is 4.98. The van der Waals surface area contributed by atoms with Gasteiger partial charge in [-0.15, -0.1) is 0 Å². The van der Waals surface area contributed by atoms with Crippen molar-refractivity contribution in [1.82, 2.24) is 9.55 Å². The molecule has 0 aliphatic rings. The van der Waals surface area contributed by atoms with Gasteiger partial charge in [0.25, 0.3) is 15.6 Å². The Morgan fingerprint density at radius 1 is 1.00 bits per heavy atom. The van der Waals surface area contributed by atoms with Crippen LogP contribution in [0.5, 0.6) is 5.75 Å². The summed E-state index contributed by atoms with van der Waals surface area (Å²) in [4.78, 5) is 17.6. The van der Waals surface area contributed by atoms with E-state index in [0.717, 1.165) is 5.56 Å². The number of benzene rings is 3. The van der Waals surface area contributed by atoms with E-state index in [0.29, 0.717) is 17.0 Å². The third kappa shape index (κ3) is 3.94. The maximum absolute atomic E-state index is 13.3. The zero-order valence-corrected chi connectivity index (χ0v) is 18.4. The quantitative estimate of drug-likeness (QED) is 0.494. The Bertz CT molecular complexity index is 1500. The van der Waals surface area contributed by atoms with Gasteiger partial charge < -0.3 is 4.74 Å². The number of halogens is 1. The molecule has 0 saturated heterocycles. The first kappa shape index (κ1) is 21.5. The molecule has 7 nitrogen and oxygen atoms in total. The maximum atomic E-state index is 13.3. The van der Waals surface area contributed by atoms with Crippen LogP contribution in [0.2, 0.25) is 0 Å². The first-order valence-electron chi connectivity index (χ1n) is 9.66. The SMILES string of the molecule is COc1ccc(C)cc1S(=O)(=O)Nc1ccc2nc(C)n(-c3ccc(F)cc3)c(=O)c2c1. The average Bonchev–Trinajstić information content (AvgIpc) is 2.75. The van der Waals surface area contributed by atoms with Crippen LogP contribution in [0.1, 0.15) is 11.4 Å². The highest BCUT2D eigenvalue weighted by Crippen LogP contribution is 2.27. The summed E-state index contributed by atoms with van der Waals surface area (Å²) in [6.07, 6.45) is 0. The van der Waals surface area contributed by atoms with Gasteiger partial charge in [0.2, 0.25) is 0 Å². The lowest BCUT2D eigenvalue weighted by Gasteiger charge is -2.14. The van der Waals surface area contributed by atoms with Gasteiger partial charge >= 0.3 is 0 Å². The number of rotatable bonds is 5. The summed E-state index contributed by atoms with van der Waals surface area (Å²) >= 11 is 0. The molecule has 164 valence electrons. The molecule has 0 aliphatic carbocycles. The van der Waals surface area contributed by atoms with Crippen molar-refractivity contribution in [3.63, 3.8) is 0 Å². The number of aromatic nitrogens is 2. The molecule has 1 N–H and O–H groups in total. The van der Waals surface area contributed by atoms with Crippen molar-refractivity contribution in [2.45, 2.75) is 18.7 Å². The topological polar surface area (TPSA) is 90.3 Å². The summed E-state index contributed by atoms with van der Waals surface area (Å²) in [6.45, 7) is 3.45. The van der Waals surface area contributed by atoms with Crippen LogP contribution >= 0.6 is 0 Å². The first-order valence-corrected chi connectivity index (χ1v) is 11.1. The van der Waals surface area contributed by atoms with Crippen molar-refractivity contribution in [3.05, 3.63) is 88.2 Å². The molecular formula is C23H20FN3O4S. The van der Waals surface area contributed by atoms with Gasteiger partial charge in [0.1, 0.15) is 22.3 Å². The molecular weight excluding hydrogens is 433 g/mol. The van der Waals surface area contributed by atoms with E-state index in [2.05, 4.69) is 9.71 Å². The Labute approximate surface area is 184 Å². The minimum Gasteiger partial charge on any atom is -0.495 e. The Balaban J connectivity index is 1.81. The fraction of sp³-hybridized carbons (Fsp3) is 0.130. The van der Waals surface area contributed by atoms with E-state index in [1.165, 1.54) is 54.1 Å². The van der Waals surface area contributed by atoms with Gasteiger partial charge in [-0.2, -0.15) is 0 Å². The summed E-state index contributed by atoms with van der Waals surface area (Å²) in [5.74, 6) is 0.211. The predicted octanol–water partition coefficient (Wildman–Crippen LogP) is 3.95. The molecule has 0 atom stereocenters. The molecule has 4 rings (SSSR count). The molecule has 0 aliphatic heterocycles. The lowest BCUT2D eigenvalue weighted by atomic mass is 10.2. The molecule has 4 aromatic rings. The molecule has 1 heterocycles. The standard InChI is InChI=1S/C23H20FN3O4S/c1-14-4-11-21(31-3)22(12-14)32(29,30)26-17-7-10-20-19(13-17)23(28)27(15(2)25-20)18-8-5-16(24)6-9-18/h4-13,26H,1-3H3. The molecule has 0 unspecified atom stereocenters. The van der Waals surface area contributed by atoms with E-state index >= 15 is 0 Å². The zero-order valence-electron chi connectivity index (χ0n) is 17.6.